The number of carbonyl (C=O) groups is 1. The zero-order valence-electron chi connectivity index (χ0n) is 20.8. The Hall–Kier alpha value is -2.03. The molecule has 7 nitrogen and oxygen atoms in total. The number of carbonyl (C=O) groups excluding carboxylic acids is 1. The Balaban J connectivity index is 1.42. The summed E-state index contributed by atoms with van der Waals surface area (Å²) in [7, 11) is 0. The lowest BCUT2D eigenvalue weighted by molar-refractivity contribution is -0.126. The third-order valence-corrected chi connectivity index (χ3v) is 7.29. The van der Waals surface area contributed by atoms with Crippen molar-refractivity contribution in [3.8, 4) is 5.75 Å². The van der Waals surface area contributed by atoms with Gasteiger partial charge in [-0.05, 0) is 81.7 Å². The SMILES string of the molecule is CC(C)(O)COc1ccc(C(O)[C@@H](CN2CCC2)NC(=O)[C@@H]2CCN(c3ccc(Cl)cc3)C2)cc1Cl. The number of aliphatic hydroxyl groups excluding tert-OH is 1. The molecule has 0 saturated carbocycles. The molecule has 0 bridgehead atoms. The Morgan fingerprint density at radius 3 is 2.50 bits per heavy atom. The molecule has 1 unspecified atom stereocenters. The van der Waals surface area contributed by atoms with Crippen LogP contribution in [-0.2, 0) is 4.79 Å². The summed E-state index contributed by atoms with van der Waals surface area (Å²) in [6, 6.07) is 12.3. The summed E-state index contributed by atoms with van der Waals surface area (Å²) in [6.07, 6.45) is 0.943. The first kappa shape index (κ1) is 27.0. The minimum absolute atomic E-state index is 0.0488. The number of nitrogens with zero attached hydrogens (tertiary/aromatic N) is 2. The fourth-order valence-corrected chi connectivity index (χ4v) is 4.90. The molecule has 2 aliphatic rings. The second-order valence-electron chi connectivity index (χ2n) is 10.4. The molecule has 2 aromatic rings. The van der Waals surface area contributed by atoms with E-state index in [0.29, 0.717) is 34.4 Å². The Morgan fingerprint density at radius 1 is 1.17 bits per heavy atom. The molecular weight excluding hydrogens is 501 g/mol. The lowest BCUT2D eigenvalue weighted by Gasteiger charge is -2.36. The lowest BCUT2D eigenvalue weighted by Crippen LogP contribution is -2.52. The second kappa shape index (κ2) is 11.6. The van der Waals surface area contributed by atoms with E-state index in [2.05, 4.69) is 15.1 Å². The molecule has 2 fully saturated rings. The van der Waals surface area contributed by atoms with Crippen LogP contribution in [0.15, 0.2) is 42.5 Å². The van der Waals surface area contributed by atoms with E-state index in [1.807, 2.05) is 24.3 Å². The van der Waals surface area contributed by atoms with Gasteiger partial charge >= 0.3 is 0 Å². The van der Waals surface area contributed by atoms with Crippen LogP contribution in [0, 0.1) is 5.92 Å². The smallest absolute Gasteiger partial charge is 0.225 e. The molecule has 0 aliphatic carbocycles. The highest BCUT2D eigenvalue weighted by Gasteiger charge is 2.33. The van der Waals surface area contributed by atoms with Crippen molar-refractivity contribution in [2.75, 3.05) is 44.2 Å². The fraction of sp³-hybridized carbons (Fsp3) is 0.519. The van der Waals surface area contributed by atoms with Gasteiger partial charge in [0.2, 0.25) is 5.91 Å². The van der Waals surface area contributed by atoms with Crippen LogP contribution in [0.3, 0.4) is 0 Å². The van der Waals surface area contributed by atoms with Gasteiger partial charge in [-0.3, -0.25) is 4.79 Å². The van der Waals surface area contributed by atoms with Crippen molar-refractivity contribution >= 4 is 34.8 Å². The summed E-state index contributed by atoms with van der Waals surface area (Å²) in [5, 5.41) is 25.3. The summed E-state index contributed by atoms with van der Waals surface area (Å²) >= 11 is 12.4. The molecule has 2 aliphatic heterocycles. The Morgan fingerprint density at radius 2 is 1.89 bits per heavy atom. The molecule has 0 aromatic heterocycles. The highest BCUT2D eigenvalue weighted by Crippen LogP contribution is 2.31. The van der Waals surface area contributed by atoms with E-state index in [4.69, 9.17) is 27.9 Å². The van der Waals surface area contributed by atoms with Crippen molar-refractivity contribution in [2.45, 2.75) is 44.4 Å². The quantitative estimate of drug-likeness (QED) is 0.428. The molecule has 3 N–H and O–H groups in total. The summed E-state index contributed by atoms with van der Waals surface area (Å²) in [5.74, 6) is 0.228. The minimum Gasteiger partial charge on any atom is -0.489 e. The first-order valence-electron chi connectivity index (χ1n) is 12.4. The topological polar surface area (TPSA) is 85.3 Å². The van der Waals surface area contributed by atoms with Crippen LogP contribution in [0.5, 0.6) is 5.75 Å². The number of nitrogens with one attached hydrogen (secondary N) is 1. The van der Waals surface area contributed by atoms with E-state index < -0.39 is 17.7 Å². The molecule has 0 radical (unpaired) electrons. The Kier molecular flexibility index (Phi) is 8.68. The summed E-state index contributed by atoms with van der Waals surface area (Å²) in [5.41, 5.74) is 0.668. The number of rotatable bonds is 10. The predicted octanol–water partition coefficient (Wildman–Crippen LogP) is 3.89. The van der Waals surface area contributed by atoms with Crippen LogP contribution < -0.4 is 15.0 Å². The molecule has 1 amide bonds. The van der Waals surface area contributed by atoms with Crippen molar-refractivity contribution in [2.24, 2.45) is 5.92 Å². The van der Waals surface area contributed by atoms with Gasteiger partial charge in [0.25, 0.3) is 0 Å². The van der Waals surface area contributed by atoms with E-state index in [0.717, 1.165) is 38.2 Å². The molecule has 196 valence electrons. The third-order valence-electron chi connectivity index (χ3n) is 6.74. The van der Waals surface area contributed by atoms with Gasteiger partial charge in [0, 0.05) is 30.3 Å². The van der Waals surface area contributed by atoms with E-state index in [1.54, 1.807) is 32.0 Å². The van der Waals surface area contributed by atoms with Gasteiger partial charge in [-0.25, -0.2) is 0 Å². The number of likely N-dealkylation sites (tertiary alicyclic amines) is 1. The predicted molar refractivity (Wildman–Crippen MR) is 143 cm³/mol. The largest absolute Gasteiger partial charge is 0.489 e. The number of hydrogen-bond acceptors (Lipinski definition) is 6. The molecule has 4 rings (SSSR count). The van der Waals surface area contributed by atoms with E-state index in [9.17, 15) is 15.0 Å². The van der Waals surface area contributed by atoms with Crippen LogP contribution in [0.25, 0.3) is 0 Å². The zero-order valence-corrected chi connectivity index (χ0v) is 22.3. The van der Waals surface area contributed by atoms with Crippen LogP contribution in [0.1, 0.15) is 38.4 Å². The Labute approximate surface area is 222 Å². The number of halogens is 2. The van der Waals surface area contributed by atoms with Crippen molar-refractivity contribution in [3.05, 3.63) is 58.1 Å². The molecule has 2 heterocycles. The lowest BCUT2D eigenvalue weighted by atomic mass is 9.99. The monoisotopic (exact) mass is 535 g/mol. The third kappa shape index (κ3) is 7.05. The minimum atomic E-state index is -0.989. The molecule has 0 spiro atoms. The van der Waals surface area contributed by atoms with Gasteiger partial charge in [-0.15, -0.1) is 0 Å². The first-order valence-corrected chi connectivity index (χ1v) is 13.2. The summed E-state index contributed by atoms with van der Waals surface area (Å²) in [6.45, 7) is 7.29. The Bertz CT molecular complexity index is 1040. The second-order valence-corrected chi connectivity index (χ2v) is 11.3. The standard InChI is InChI=1S/C27H35Cl2N3O4/c1-27(2,35)17-36-24-9-4-18(14-22(24)29)25(33)23(16-31-11-3-12-31)30-26(34)19-10-13-32(15-19)21-7-5-20(28)6-8-21/h4-9,14,19,23,25,33,35H,3,10-13,15-17H2,1-2H3,(H,30,34)/t19-,23-,25?/m1/s1. The molecule has 2 aromatic carbocycles. The maximum atomic E-state index is 13.3. The molecule has 2 saturated heterocycles. The van der Waals surface area contributed by atoms with E-state index in [-0.39, 0.29) is 18.4 Å². The summed E-state index contributed by atoms with van der Waals surface area (Å²) < 4.78 is 5.62. The molecule has 9 heteroatoms. The van der Waals surface area contributed by atoms with Crippen LogP contribution in [0.2, 0.25) is 10.0 Å². The van der Waals surface area contributed by atoms with Gasteiger partial charge in [-0.1, -0.05) is 29.3 Å². The average molecular weight is 537 g/mol. The van der Waals surface area contributed by atoms with Crippen molar-refractivity contribution in [3.63, 3.8) is 0 Å². The van der Waals surface area contributed by atoms with Crippen LogP contribution >= 0.6 is 23.2 Å². The highest BCUT2D eigenvalue weighted by atomic mass is 35.5. The van der Waals surface area contributed by atoms with Gasteiger partial charge in [0.1, 0.15) is 18.5 Å². The zero-order chi connectivity index (χ0) is 25.9. The van der Waals surface area contributed by atoms with Gasteiger partial charge in [0.15, 0.2) is 0 Å². The van der Waals surface area contributed by atoms with Gasteiger partial charge in [0.05, 0.1) is 22.6 Å². The number of hydrogen-bond donors (Lipinski definition) is 3. The van der Waals surface area contributed by atoms with E-state index in [1.165, 1.54) is 0 Å². The fourth-order valence-electron chi connectivity index (χ4n) is 4.53. The number of aliphatic hydroxyl groups is 2. The van der Waals surface area contributed by atoms with Crippen LogP contribution in [0.4, 0.5) is 5.69 Å². The maximum absolute atomic E-state index is 13.3. The average Bonchev–Trinajstić information content (AvgIpc) is 3.29. The van der Waals surface area contributed by atoms with Gasteiger partial charge in [-0.2, -0.15) is 0 Å². The molecular formula is C27H35Cl2N3O4. The normalized spacial score (nSPS) is 20.1. The van der Waals surface area contributed by atoms with Crippen molar-refractivity contribution in [1.82, 2.24) is 10.2 Å². The van der Waals surface area contributed by atoms with E-state index >= 15 is 0 Å². The van der Waals surface area contributed by atoms with Crippen molar-refractivity contribution < 1.29 is 19.7 Å². The highest BCUT2D eigenvalue weighted by molar-refractivity contribution is 6.32. The molecule has 36 heavy (non-hydrogen) atoms. The number of amides is 1. The van der Waals surface area contributed by atoms with Gasteiger partial charge < -0.3 is 30.1 Å². The number of benzene rings is 2. The molecule has 3 atom stereocenters. The first-order chi connectivity index (χ1) is 17.1. The van der Waals surface area contributed by atoms with Crippen LogP contribution in [-0.4, -0.2) is 72.0 Å². The van der Waals surface area contributed by atoms with Crippen molar-refractivity contribution in [1.29, 1.82) is 0 Å². The summed E-state index contributed by atoms with van der Waals surface area (Å²) in [4.78, 5) is 17.7. The number of anilines is 1. The number of ether oxygens (including phenoxy) is 1. The maximum Gasteiger partial charge on any atom is 0.225 e.